The van der Waals surface area contributed by atoms with E-state index in [0.29, 0.717) is 11.1 Å². The fourth-order valence-corrected chi connectivity index (χ4v) is 3.48. The summed E-state index contributed by atoms with van der Waals surface area (Å²) >= 11 is 5.83. The van der Waals surface area contributed by atoms with Crippen LogP contribution in [0.5, 0.6) is 0 Å². The second-order valence-corrected chi connectivity index (χ2v) is 7.16. The number of hydrogen-bond acceptors (Lipinski definition) is 6. The summed E-state index contributed by atoms with van der Waals surface area (Å²) in [6.07, 6.45) is 1.40. The van der Waals surface area contributed by atoms with E-state index in [-0.39, 0.29) is 22.8 Å². The number of ether oxygens (including phenoxy) is 1. The zero-order valence-corrected chi connectivity index (χ0v) is 16.7. The second kappa shape index (κ2) is 8.45. The summed E-state index contributed by atoms with van der Waals surface area (Å²) < 4.78 is 10.6. The van der Waals surface area contributed by atoms with Gasteiger partial charge in [0, 0.05) is 22.0 Å². The molecule has 31 heavy (non-hydrogen) atoms. The molecule has 0 unspecified atom stereocenters. The molecule has 0 spiro atoms. The van der Waals surface area contributed by atoms with Gasteiger partial charge in [0.05, 0.1) is 17.6 Å². The molecule has 9 heteroatoms. The maximum Gasteiger partial charge on any atom is 0.310 e. The van der Waals surface area contributed by atoms with Gasteiger partial charge in [0.25, 0.3) is 11.6 Å². The van der Waals surface area contributed by atoms with Crippen LogP contribution in [0.1, 0.15) is 5.56 Å². The van der Waals surface area contributed by atoms with E-state index < -0.39 is 23.4 Å². The van der Waals surface area contributed by atoms with Gasteiger partial charge in [-0.1, -0.05) is 41.9 Å². The molecule has 0 aliphatic carbocycles. The summed E-state index contributed by atoms with van der Waals surface area (Å²) in [5, 5.41) is 16.4. The van der Waals surface area contributed by atoms with E-state index in [4.69, 9.17) is 20.8 Å². The third kappa shape index (κ3) is 4.34. The number of benzene rings is 3. The Hall–Kier alpha value is -3.91. The Labute approximate surface area is 180 Å². The lowest BCUT2D eigenvalue weighted by atomic mass is 10.0. The number of furan rings is 1. The van der Waals surface area contributed by atoms with Crippen LogP contribution < -0.4 is 5.32 Å². The molecule has 156 valence electrons. The molecule has 4 rings (SSSR count). The zero-order chi connectivity index (χ0) is 22.0. The molecular formula is C22H15ClN2O6. The molecule has 8 nitrogen and oxygen atoms in total. The molecule has 0 saturated heterocycles. The Balaban J connectivity index is 1.43. The molecule has 0 fully saturated rings. The molecule has 0 bridgehead atoms. The first kappa shape index (κ1) is 20.4. The van der Waals surface area contributed by atoms with Crippen molar-refractivity contribution in [1.82, 2.24) is 0 Å². The highest BCUT2D eigenvalue weighted by atomic mass is 35.5. The summed E-state index contributed by atoms with van der Waals surface area (Å²) in [5.41, 5.74) is 0.891. The third-order valence-corrected chi connectivity index (χ3v) is 4.90. The lowest BCUT2D eigenvalue weighted by Crippen LogP contribution is -2.22. The average molecular weight is 439 g/mol. The number of anilines is 1. The highest BCUT2D eigenvalue weighted by Crippen LogP contribution is 2.30. The average Bonchev–Trinajstić information content (AvgIpc) is 3.15. The van der Waals surface area contributed by atoms with E-state index in [9.17, 15) is 19.7 Å². The van der Waals surface area contributed by atoms with Gasteiger partial charge < -0.3 is 14.5 Å². The van der Waals surface area contributed by atoms with E-state index >= 15 is 0 Å². The highest BCUT2D eigenvalue weighted by molar-refractivity contribution is 6.31. The van der Waals surface area contributed by atoms with Crippen molar-refractivity contribution < 1.29 is 23.7 Å². The van der Waals surface area contributed by atoms with Crippen molar-refractivity contribution in [3.05, 3.63) is 81.6 Å². The molecule has 3 aromatic carbocycles. The van der Waals surface area contributed by atoms with E-state index in [1.165, 1.54) is 24.5 Å². The van der Waals surface area contributed by atoms with E-state index in [1.54, 1.807) is 0 Å². The first-order valence-corrected chi connectivity index (χ1v) is 9.57. The van der Waals surface area contributed by atoms with Crippen molar-refractivity contribution in [3.8, 4) is 0 Å². The van der Waals surface area contributed by atoms with E-state index in [0.717, 1.165) is 16.2 Å². The van der Waals surface area contributed by atoms with Crippen LogP contribution >= 0.6 is 11.6 Å². The van der Waals surface area contributed by atoms with E-state index in [2.05, 4.69) is 5.32 Å². The number of nitro groups is 1. The smallest absolute Gasteiger partial charge is 0.310 e. The maximum atomic E-state index is 12.3. The molecule has 1 N–H and O–H groups in total. The molecular weight excluding hydrogens is 424 g/mol. The highest BCUT2D eigenvalue weighted by Gasteiger charge is 2.18. The number of carbonyl (C=O) groups is 2. The van der Waals surface area contributed by atoms with Crippen LogP contribution in [-0.2, 0) is 20.7 Å². The SMILES string of the molecule is O=C(COC(=O)Cc1coc2ccc3ccccc3c12)Nc1cc(Cl)ccc1[N+](=O)[O-]. The van der Waals surface area contributed by atoms with Gasteiger partial charge in [-0.05, 0) is 29.0 Å². The Morgan fingerprint density at radius 1 is 1.13 bits per heavy atom. The molecule has 0 aliphatic rings. The maximum absolute atomic E-state index is 12.3. The zero-order valence-electron chi connectivity index (χ0n) is 16.0. The summed E-state index contributed by atoms with van der Waals surface area (Å²) in [5.74, 6) is -1.35. The molecule has 1 amide bonds. The van der Waals surface area contributed by atoms with Crippen LogP contribution in [0.15, 0.2) is 65.3 Å². The predicted molar refractivity (Wildman–Crippen MR) is 115 cm³/mol. The van der Waals surface area contributed by atoms with Crippen molar-refractivity contribution in [3.63, 3.8) is 0 Å². The van der Waals surface area contributed by atoms with Crippen molar-refractivity contribution >= 4 is 56.6 Å². The fourth-order valence-electron chi connectivity index (χ4n) is 3.31. The summed E-state index contributed by atoms with van der Waals surface area (Å²) in [4.78, 5) is 34.9. The number of fused-ring (bicyclic) bond motifs is 3. The van der Waals surface area contributed by atoms with E-state index in [1.807, 2.05) is 36.4 Å². The standard InChI is InChI=1S/C22H15ClN2O6/c23-15-6-7-18(25(28)29)17(10-15)24-20(26)12-31-21(27)9-14-11-30-19-8-5-13-3-1-2-4-16(13)22(14)19/h1-8,10-11H,9,12H2,(H,24,26). The van der Waals surface area contributed by atoms with Gasteiger partial charge in [0.1, 0.15) is 11.3 Å². The lowest BCUT2D eigenvalue weighted by molar-refractivity contribution is -0.383. The van der Waals surface area contributed by atoms with Crippen LogP contribution in [-0.4, -0.2) is 23.4 Å². The Morgan fingerprint density at radius 2 is 1.94 bits per heavy atom. The van der Waals surface area contributed by atoms with Crippen molar-refractivity contribution in [1.29, 1.82) is 0 Å². The second-order valence-electron chi connectivity index (χ2n) is 6.72. The van der Waals surface area contributed by atoms with Crippen LogP contribution in [0.3, 0.4) is 0 Å². The number of nitrogens with one attached hydrogen (secondary N) is 1. The normalized spacial score (nSPS) is 10.9. The first-order valence-electron chi connectivity index (χ1n) is 9.19. The molecule has 0 atom stereocenters. The van der Waals surface area contributed by atoms with Crippen LogP contribution in [0, 0.1) is 10.1 Å². The minimum Gasteiger partial charge on any atom is -0.464 e. The summed E-state index contributed by atoms with van der Waals surface area (Å²) in [6, 6.07) is 15.3. The summed E-state index contributed by atoms with van der Waals surface area (Å²) in [6.45, 7) is -0.598. The molecule has 0 radical (unpaired) electrons. The van der Waals surface area contributed by atoms with Crippen molar-refractivity contribution in [2.45, 2.75) is 6.42 Å². The summed E-state index contributed by atoms with van der Waals surface area (Å²) in [7, 11) is 0. The Bertz CT molecular complexity index is 1330. The predicted octanol–water partition coefficient (Wildman–Crippen LogP) is 4.87. The lowest BCUT2D eigenvalue weighted by Gasteiger charge is -2.07. The van der Waals surface area contributed by atoms with Crippen LogP contribution in [0.25, 0.3) is 21.7 Å². The van der Waals surface area contributed by atoms with Crippen LogP contribution in [0.4, 0.5) is 11.4 Å². The quantitative estimate of drug-likeness (QED) is 0.261. The number of carbonyl (C=O) groups excluding carboxylic acids is 2. The van der Waals surface area contributed by atoms with Gasteiger partial charge in [0.2, 0.25) is 0 Å². The van der Waals surface area contributed by atoms with Crippen LogP contribution in [0.2, 0.25) is 5.02 Å². The Kier molecular flexibility index (Phi) is 5.55. The largest absolute Gasteiger partial charge is 0.464 e. The minimum absolute atomic E-state index is 0.0779. The Morgan fingerprint density at radius 3 is 2.74 bits per heavy atom. The first-order chi connectivity index (χ1) is 14.9. The molecule has 0 saturated carbocycles. The van der Waals surface area contributed by atoms with Crippen molar-refractivity contribution in [2.75, 3.05) is 11.9 Å². The van der Waals surface area contributed by atoms with Gasteiger partial charge >= 0.3 is 5.97 Å². The number of rotatable bonds is 6. The molecule has 4 aromatic rings. The molecule has 1 aromatic heterocycles. The molecule has 0 aliphatic heterocycles. The number of esters is 1. The van der Waals surface area contributed by atoms with Gasteiger partial charge in [0.15, 0.2) is 6.61 Å². The number of halogens is 1. The number of hydrogen-bond donors (Lipinski definition) is 1. The van der Waals surface area contributed by atoms with Crippen molar-refractivity contribution in [2.24, 2.45) is 0 Å². The van der Waals surface area contributed by atoms with Gasteiger partial charge in [-0.15, -0.1) is 0 Å². The fraction of sp³-hybridized carbons (Fsp3) is 0.0909. The number of nitrogens with zero attached hydrogens (tertiary/aromatic N) is 1. The minimum atomic E-state index is -0.721. The molecule has 1 heterocycles. The topological polar surface area (TPSA) is 112 Å². The number of amides is 1. The number of nitro benzene ring substituents is 1. The monoisotopic (exact) mass is 438 g/mol. The third-order valence-electron chi connectivity index (χ3n) is 4.67. The van der Waals surface area contributed by atoms with Gasteiger partial charge in [-0.25, -0.2) is 0 Å². The van der Waals surface area contributed by atoms with Gasteiger partial charge in [-0.2, -0.15) is 0 Å². The van der Waals surface area contributed by atoms with Gasteiger partial charge in [-0.3, -0.25) is 19.7 Å².